The minimum atomic E-state index is -3.63. The van der Waals surface area contributed by atoms with Gasteiger partial charge in [0, 0.05) is 32.3 Å². The highest BCUT2D eigenvalue weighted by molar-refractivity contribution is 7.89. The molecule has 0 N–H and O–H groups in total. The summed E-state index contributed by atoms with van der Waals surface area (Å²) < 4.78 is 41.5. The normalized spacial score (nSPS) is 19.9. The topological polar surface area (TPSA) is 90.2 Å². The molecule has 0 bridgehead atoms. The molecule has 2 aromatic carbocycles. The van der Waals surface area contributed by atoms with Crippen molar-refractivity contribution in [3.8, 4) is 11.5 Å². The van der Waals surface area contributed by atoms with Gasteiger partial charge in [-0.15, -0.1) is 0 Å². The van der Waals surface area contributed by atoms with E-state index in [1.54, 1.807) is 30.3 Å². The van der Waals surface area contributed by atoms with Crippen LogP contribution in [0.25, 0.3) is 10.2 Å². The highest BCUT2D eigenvalue weighted by Crippen LogP contribution is 2.35. The van der Waals surface area contributed by atoms with Gasteiger partial charge in [0.05, 0.1) is 21.0 Å². The maximum absolute atomic E-state index is 13.0. The molecule has 8 nitrogen and oxygen atoms in total. The van der Waals surface area contributed by atoms with E-state index in [4.69, 9.17) is 9.47 Å². The SMILES string of the molecule is Cn1c(=NC(=O)C2CCCN(S(=O)(=O)c3ccccc3)C2)sc2cc3c(cc21)OCCO3. The number of aromatic nitrogens is 1. The molecule has 3 heterocycles. The lowest BCUT2D eigenvalue weighted by Gasteiger charge is -2.30. The molecule has 10 heteroatoms. The van der Waals surface area contributed by atoms with Gasteiger partial charge in [-0.25, -0.2) is 8.42 Å². The Morgan fingerprint density at radius 1 is 1.12 bits per heavy atom. The first-order valence-corrected chi connectivity index (χ1v) is 12.7. The number of carbonyl (C=O) groups excluding carboxylic acids is 1. The molecule has 0 saturated carbocycles. The fourth-order valence-corrected chi connectivity index (χ4v) is 6.64. The average molecular weight is 474 g/mol. The maximum atomic E-state index is 13.0. The van der Waals surface area contributed by atoms with Crippen LogP contribution in [0.2, 0.25) is 0 Å². The zero-order valence-electron chi connectivity index (χ0n) is 17.6. The summed E-state index contributed by atoms with van der Waals surface area (Å²) in [6, 6.07) is 12.1. The van der Waals surface area contributed by atoms with Crippen LogP contribution in [0.3, 0.4) is 0 Å². The van der Waals surface area contributed by atoms with Crippen molar-refractivity contribution in [1.82, 2.24) is 8.87 Å². The van der Waals surface area contributed by atoms with Gasteiger partial charge in [-0.3, -0.25) is 4.79 Å². The first-order valence-electron chi connectivity index (χ1n) is 10.5. The first kappa shape index (κ1) is 21.2. The Bertz CT molecular complexity index is 1350. The predicted molar refractivity (Wildman–Crippen MR) is 120 cm³/mol. The molecule has 2 aliphatic rings. The summed E-state index contributed by atoms with van der Waals surface area (Å²) in [7, 11) is -1.78. The van der Waals surface area contributed by atoms with E-state index in [1.165, 1.54) is 15.6 Å². The fourth-order valence-electron chi connectivity index (χ4n) is 4.06. The lowest BCUT2D eigenvalue weighted by Crippen LogP contribution is -2.42. The highest BCUT2D eigenvalue weighted by Gasteiger charge is 2.33. The number of aryl methyl sites for hydroxylation is 1. The van der Waals surface area contributed by atoms with Crippen molar-refractivity contribution in [2.45, 2.75) is 17.7 Å². The molecule has 0 aliphatic carbocycles. The number of fused-ring (bicyclic) bond motifs is 2. The zero-order chi connectivity index (χ0) is 22.3. The predicted octanol–water partition coefficient (Wildman–Crippen LogP) is 2.54. The second kappa shape index (κ2) is 8.34. The fraction of sp³-hybridized carbons (Fsp3) is 0.364. The number of amides is 1. The number of rotatable bonds is 3. The summed E-state index contributed by atoms with van der Waals surface area (Å²) in [5, 5.41) is 0. The first-order chi connectivity index (χ1) is 15.4. The third kappa shape index (κ3) is 3.82. The molecule has 1 unspecified atom stereocenters. The van der Waals surface area contributed by atoms with Crippen molar-refractivity contribution < 1.29 is 22.7 Å². The minimum absolute atomic E-state index is 0.143. The number of ether oxygens (including phenoxy) is 2. The molecule has 1 amide bonds. The van der Waals surface area contributed by atoms with Gasteiger partial charge >= 0.3 is 0 Å². The molecule has 1 fully saturated rings. The molecule has 2 aliphatic heterocycles. The Morgan fingerprint density at radius 2 is 1.84 bits per heavy atom. The van der Waals surface area contributed by atoms with Gasteiger partial charge in [0.1, 0.15) is 13.2 Å². The van der Waals surface area contributed by atoms with Gasteiger partial charge in [-0.2, -0.15) is 9.30 Å². The van der Waals surface area contributed by atoms with E-state index in [0.29, 0.717) is 48.9 Å². The number of piperidine rings is 1. The van der Waals surface area contributed by atoms with E-state index in [-0.39, 0.29) is 17.3 Å². The van der Waals surface area contributed by atoms with Crippen molar-refractivity contribution in [1.29, 1.82) is 0 Å². The number of sulfonamides is 1. The monoisotopic (exact) mass is 473 g/mol. The molecule has 0 spiro atoms. The zero-order valence-corrected chi connectivity index (χ0v) is 19.2. The van der Waals surface area contributed by atoms with Crippen LogP contribution in [0, 0.1) is 5.92 Å². The number of hydrogen-bond donors (Lipinski definition) is 0. The Morgan fingerprint density at radius 3 is 2.59 bits per heavy atom. The lowest BCUT2D eigenvalue weighted by molar-refractivity contribution is -0.122. The summed E-state index contributed by atoms with van der Waals surface area (Å²) in [4.78, 5) is 18.2. The van der Waals surface area contributed by atoms with Gasteiger partial charge < -0.3 is 14.0 Å². The van der Waals surface area contributed by atoms with E-state index in [9.17, 15) is 13.2 Å². The van der Waals surface area contributed by atoms with E-state index in [0.717, 1.165) is 10.2 Å². The molecule has 3 aromatic rings. The van der Waals surface area contributed by atoms with Crippen molar-refractivity contribution in [2.24, 2.45) is 18.0 Å². The Kier molecular flexibility index (Phi) is 5.52. The Hall–Kier alpha value is -2.69. The molecule has 1 saturated heterocycles. The van der Waals surface area contributed by atoms with Crippen LogP contribution in [-0.2, 0) is 21.9 Å². The van der Waals surface area contributed by atoms with Crippen molar-refractivity contribution >= 4 is 37.5 Å². The minimum Gasteiger partial charge on any atom is -0.486 e. The van der Waals surface area contributed by atoms with E-state index in [2.05, 4.69) is 4.99 Å². The van der Waals surface area contributed by atoms with Gasteiger partial charge in [0.15, 0.2) is 16.3 Å². The molecular formula is C22H23N3O5S2. The van der Waals surface area contributed by atoms with Gasteiger partial charge in [-0.1, -0.05) is 29.5 Å². The number of benzene rings is 2. The number of thiazole rings is 1. The smallest absolute Gasteiger partial charge is 0.252 e. The Balaban J connectivity index is 1.42. The van der Waals surface area contributed by atoms with Crippen molar-refractivity contribution in [3.05, 3.63) is 47.3 Å². The molecular weight excluding hydrogens is 450 g/mol. The van der Waals surface area contributed by atoms with Crippen LogP contribution in [0.1, 0.15) is 12.8 Å². The third-order valence-electron chi connectivity index (χ3n) is 5.79. The largest absolute Gasteiger partial charge is 0.486 e. The van der Waals surface area contributed by atoms with E-state index in [1.807, 2.05) is 23.7 Å². The summed E-state index contributed by atoms with van der Waals surface area (Å²) in [6.45, 7) is 1.56. The van der Waals surface area contributed by atoms with Crippen molar-refractivity contribution in [2.75, 3.05) is 26.3 Å². The lowest BCUT2D eigenvalue weighted by atomic mass is 9.99. The highest BCUT2D eigenvalue weighted by atomic mass is 32.2. The van der Waals surface area contributed by atoms with Gasteiger partial charge in [-0.05, 0) is 25.0 Å². The van der Waals surface area contributed by atoms with Crippen LogP contribution >= 0.6 is 11.3 Å². The average Bonchev–Trinajstić information content (AvgIpc) is 3.12. The second-order valence-electron chi connectivity index (χ2n) is 7.87. The van der Waals surface area contributed by atoms with Crippen LogP contribution in [0.4, 0.5) is 0 Å². The van der Waals surface area contributed by atoms with E-state index < -0.39 is 15.9 Å². The van der Waals surface area contributed by atoms with Crippen LogP contribution in [0.15, 0.2) is 52.4 Å². The number of hydrogen-bond acceptors (Lipinski definition) is 6. The number of nitrogens with zero attached hydrogens (tertiary/aromatic N) is 3. The Labute approximate surface area is 189 Å². The molecule has 32 heavy (non-hydrogen) atoms. The van der Waals surface area contributed by atoms with Crippen molar-refractivity contribution in [3.63, 3.8) is 0 Å². The summed E-state index contributed by atoms with van der Waals surface area (Å²) in [5.41, 5.74) is 0.905. The van der Waals surface area contributed by atoms with Crippen LogP contribution in [0.5, 0.6) is 11.5 Å². The number of carbonyl (C=O) groups is 1. The standard InChI is InChI=1S/C22H23N3O5S2/c1-24-17-12-18-19(30-11-10-29-18)13-20(17)31-22(24)23-21(26)15-6-5-9-25(14-15)32(27,28)16-7-3-2-4-8-16/h2-4,7-8,12-13,15H,5-6,9-11,14H2,1H3. The summed E-state index contributed by atoms with van der Waals surface area (Å²) >= 11 is 1.40. The molecule has 1 atom stereocenters. The third-order valence-corrected chi connectivity index (χ3v) is 8.77. The maximum Gasteiger partial charge on any atom is 0.252 e. The van der Waals surface area contributed by atoms with E-state index >= 15 is 0 Å². The molecule has 0 radical (unpaired) electrons. The summed E-state index contributed by atoms with van der Waals surface area (Å²) in [5.74, 6) is 0.617. The van der Waals surface area contributed by atoms with Crippen LogP contribution in [-0.4, -0.2) is 49.5 Å². The quantitative estimate of drug-likeness (QED) is 0.583. The van der Waals surface area contributed by atoms with Crippen LogP contribution < -0.4 is 14.3 Å². The molecule has 1 aromatic heterocycles. The van der Waals surface area contributed by atoms with Gasteiger partial charge in [0.2, 0.25) is 10.0 Å². The van der Waals surface area contributed by atoms with Gasteiger partial charge in [0.25, 0.3) is 5.91 Å². The summed E-state index contributed by atoms with van der Waals surface area (Å²) in [6.07, 6.45) is 1.24. The molecule has 5 rings (SSSR count). The molecule has 168 valence electrons. The second-order valence-corrected chi connectivity index (χ2v) is 10.8.